The van der Waals surface area contributed by atoms with Crippen molar-refractivity contribution < 1.29 is 9.53 Å². The standard InChI is InChI=1S/C9H13N3O2/c1-2-3-14-9(13)8(10)4-7-5-11-6-12-7/h2,5-6,8H,1,3-4,10H2,(H,11,12). The van der Waals surface area contributed by atoms with Gasteiger partial charge in [-0.25, -0.2) is 4.98 Å². The van der Waals surface area contributed by atoms with E-state index in [1.165, 1.54) is 12.4 Å². The summed E-state index contributed by atoms with van der Waals surface area (Å²) in [4.78, 5) is 17.9. The van der Waals surface area contributed by atoms with E-state index in [-0.39, 0.29) is 6.61 Å². The fourth-order valence-electron chi connectivity index (χ4n) is 0.959. The van der Waals surface area contributed by atoms with E-state index in [2.05, 4.69) is 16.5 Å². The van der Waals surface area contributed by atoms with Gasteiger partial charge in [-0.15, -0.1) is 0 Å². The molecular weight excluding hydrogens is 182 g/mol. The van der Waals surface area contributed by atoms with Crippen molar-refractivity contribution in [1.29, 1.82) is 0 Å². The molecule has 76 valence electrons. The van der Waals surface area contributed by atoms with Crippen LogP contribution in [0.2, 0.25) is 0 Å². The van der Waals surface area contributed by atoms with Crippen LogP contribution in [0.4, 0.5) is 0 Å². The normalized spacial score (nSPS) is 12.1. The fourth-order valence-corrected chi connectivity index (χ4v) is 0.959. The number of imidazole rings is 1. The van der Waals surface area contributed by atoms with Crippen molar-refractivity contribution in [1.82, 2.24) is 9.97 Å². The van der Waals surface area contributed by atoms with Crippen LogP contribution in [-0.4, -0.2) is 28.6 Å². The van der Waals surface area contributed by atoms with Crippen LogP contribution < -0.4 is 5.73 Å². The SMILES string of the molecule is C=CCOC(=O)C(N)Cc1c[nH]cn1. The maximum absolute atomic E-state index is 11.2. The quantitative estimate of drug-likeness (QED) is 0.512. The summed E-state index contributed by atoms with van der Waals surface area (Å²) in [7, 11) is 0. The number of esters is 1. The second-order valence-corrected chi connectivity index (χ2v) is 2.79. The van der Waals surface area contributed by atoms with Gasteiger partial charge in [0.25, 0.3) is 0 Å². The lowest BCUT2D eigenvalue weighted by Gasteiger charge is -2.08. The van der Waals surface area contributed by atoms with Crippen molar-refractivity contribution in [2.75, 3.05) is 6.61 Å². The van der Waals surface area contributed by atoms with Gasteiger partial charge in [-0.3, -0.25) is 4.79 Å². The number of aromatic amines is 1. The highest BCUT2D eigenvalue weighted by Gasteiger charge is 2.15. The van der Waals surface area contributed by atoms with Crippen LogP contribution in [0.15, 0.2) is 25.2 Å². The summed E-state index contributed by atoms with van der Waals surface area (Å²) in [6.45, 7) is 3.62. The molecule has 0 radical (unpaired) electrons. The Labute approximate surface area is 82.0 Å². The van der Waals surface area contributed by atoms with Crippen molar-refractivity contribution in [3.63, 3.8) is 0 Å². The summed E-state index contributed by atoms with van der Waals surface area (Å²) >= 11 is 0. The zero-order valence-electron chi connectivity index (χ0n) is 7.77. The molecule has 1 aromatic rings. The summed E-state index contributed by atoms with van der Waals surface area (Å²) < 4.78 is 4.78. The number of hydrogen-bond acceptors (Lipinski definition) is 4. The topological polar surface area (TPSA) is 81.0 Å². The first kappa shape index (κ1) is 10.5. The molecule has 0 fully saturated rings. The Balaban J connectivity index is 2.37. The molecule has 1 rings (SSSR count). The van der Waals surface area contributed by atoms with Crippen LogP contribution in [0.5, 0.6) is 0 Å². The summed E-state index contributed by atoms with van der Waals surface area (Å²) in [6, 6.07) is -0.668. The number of nitrogens with one attached hydrogen (secondary N) is 1. The largest absolute Gasteiger partial charge is 0.460 e. The number of rotatable bonds is 5. The highest BCUT2D eigenvalue weighted by atomic mass is 16.5. The zero-order chi connectivity index (χ0) is 10.4. The maximum Gasteiger partial charge on any atom is 0.323 e. The molecule has 14 heavy (non-hydrogen) atoms. The first-order valence-corrected chi connectivity index (χ1v) is 4.25. The summed E-state index contributed by atoms with van der Waals surface area (Å²) in [5, 5.41) is 0. The van der Waals surface area contributed by atoms with E-state index in [9.17, 15) is 4.79 Å². The van der Waals surface area contributed by atoms with Crippen LogP contribution in [0, 0.1) is 0 Å². The first-order valence-electron chi connectivity index (χ1n) is 4.25. The third-order valence-corrected chi connectivity index (χ3v) is 1.63. The van der Waals surface area contributed by atoms with Crippen LogP contribution >= 0.6 is 0 Å². The minimum atomic E-state index is -0.668. The second kappa shape index (κ2) is 5.18. The number of hydrogen-bond donors (Lipinski definition) is 2. The Kier molecular flexibility index (Phi) is 3.87. The molecule has 0 aliphatic rings. The van der Waals surface area contributed by atoms with E-state index in [1.54, 1.807) is 6.20 Å². The molecule has 1 unspecified atom stereocenters. The van der Waals surface area contributed by atoms with Gasteiger partial charge in [-0.1, -0.05) is 12.7 Å². The molecule has 0 saturated heterocycles. The van der Waals surface area contributed by atoms with Crippen LogP contribution in [-0.2, 0) is 16.0 Å². The molecule has 1 heterocycles. The number of aromatic nitrogens is 2. The van der Waals surface area contributed by atoms with Gasteiger partial charge < -0.3 is 15.5 Å². The van der Waals surface area contributed by atoms with Crippen molar-refractivity contribution >= 4 is 5.97 Å². The lowest BCUT2D eigenvalue weighted by atomic mass is 10.2. The van der Waals surface area contributed by atoms with Gasteiger partial charge in [-0.05, 0) is 0 Å². The van der Waals surface area contributed by atoms with E-state index < -0.39 is 12.0 Å². The fraction of sp³-hybridized carbons (Fsp3) is 0.333. The van der Waals surface area contributed by atoms with Crippen LogP contribution in [0.1, 0.15) is 5.69 Å². The van der Waals surface area contributed by atoms with Gasteiger partial charge in [0, 0.05) is 12.6 Å². The first-order chi connectivity index (χ1) is 6.74. The molecule has 0 spiro atoms. The number of carbonyl (C=O) groups excluding carboxylic acids is 1. The number of nitrogens with two attached hydrogens (primary N) is 1. The van der Waals surface area contributed by atoms with Crippen molar-refractivity contribution in [2.45, 2.75) is 12.5 Å². The molecule has 3 N–H and O–H groups in total. The summed E-state index contributed by atoms with van der Waals surface area (Å²) in [6.07, 6.45) is 5.11. The monoisotopic (exact) mass is 195 g/mol. The number of carbonyl (C=O) groups is 1. The third-order valence-electron chi connectivity index (χ3n) is 1.63. The van der Waals surface area contributed by atoms with Crippen molar-refractivity contribution in [3.8, 4) is 0 Å². The zero-order valence-corrected chi connectivity index (χ0v) is 7.77. The minimum Gasteiger partial charge on any atom is -0.460 e. The van der Waals surface area contributed by atoms with Gasteiger partial charge in [0.1, 0.15) is 12.6 Å². The molecule has 0 aliphatic heterocycles. The van der Waals surface area contributed by atoms with E-state index in [0.717, 1.165) is 5.69 Å². The molecular formula is C9H13N3O2. The lowest BCUT2D eigenvalue weighted by Crippen LogP contribution is -2.34. The Morgan fingerprint density at radius 2 is 2.64 bits per heavy atom. The minimum absolute atomic E-state index is 0.188. The molecule has 5 heteroatoms. The molecule has 1 atom stereocenters. The predicted octanol–water partition coefficient (Wildman–Crippen LogP) is 0.00870. The van der Waals surface area contributed by atoms with E-state index >= 15 is 0 Å². The Hall–Kier alpha value is -1.62. The smallest absolute Gasteiger partial charge is 0.323 e. The Morgan fingerprint density at radius 1 is 1.86 bits per heavy atom. The predicted molar refractivity (Wildman–Crippen MR) is 51.4 cm³/mol. The van der Waals surface area contributed by atoms with Gasteiger partial charge >= 0.3 is 5.97 Å². The average molecular weight is 195 g/mol. The van der Waals surface area contributed by atoms with Gasteiger partial charge in [0.15, 0.2) is 0 Å². The number of H-pyrrole nitrogens is 1. The van der Waals surface area contributed by atoms with Crippen molar-refractivity contribution in [3.05, 3.63) is 30.9 Å². The number of ether oxygens (including phenoxy) is 1. The molecule has 1 aromatic heterocycles. The van der Waals surface area contributed by atoms with Gasteiger partial charge in [0.05, 0.1) is 12.0 Å². The number of nitrogens with zero attached hydrogens (tertiary/aromatic N) is 1. The van der Waals surface area contributed by atoms with Crippen LogP contribution in [0.3, 0.4) is 0 Å². The third kappa shape index (κ3) is 3.02. The molecule has 5 nitrogen and oxygen atoms in total. The average Bonchev–Trinajstić information content (AvgIpc) is 2.66. The van der Waals surface area contributed by atoms with E-state index in [1.807, 2.05) is 0 Å². The highest BCUT2D eigenvalue weighted by molar-refractivity contribution is 5.75. The summed E-state index contributed by atoms with van der Waals surface area (Å²) in [5.74, 6) is -0.437. The molecule has 0 saturated carbocycles. The highest BCUT2D eigenvalue weighted by Crippen LogP contribution is 1.97. The Morgan fingerprint density at radius 3 is 3.21 bits per heavy atom. The second-order valence-electron chi connectivity index (χ2n) is 2.79. The Bertz CT molecular complexity index is 295. The lowest BCUT2D eigenvalue weighted by molar-refractivity contribution is -0.143. The molecule has 0 aromatic carbocycles. The molecule has 0 aliphatic carbocycles. The molecule has 0 bridgehead atoms. The maximum atomic E-state index is 11.2. The van der Waals surface area contributed by atoms with E-state index in [4.69, 9.17) is 10.5 Å². The van der Waals surface area contributed by atoms with Crippen molar-refractivity contribution in [2.24, 2.45) is 5.73 Å². The van der Waals surface area contributed by atoms with Gasteiger partial charge in [-0.2, -0.15) is 0 Å². The molecule has 0 amide bonds. The van der Waals surface area contributed by atoms with E-state index in [0.29, 0.717) is 6.42 Å². The summed E-state index contributed by atoms with van der Waals surface area (Å²) in [5.41, 5.74) is 6.33. The van der Waals surface area contributed by atoms with Gasteiger partial charge in [0.2, 0.25) is 0 Å². The van der Waals surface area contributed by atoms with Crippen LogP contribution in [0.25, 0.3) is 0 Å².